The first-order valence-corrected chi connectivity index (χ1v) is 12.0. The highest BCUT2D eigenvalue weighted by Crippen LogP contribution is 2.17. The fourth-order valence-electron chi connectivity index (χ4n) is 1.89. The van der Waals surface area contributed by atoms with Gasteiger partial charge in [-0.25, -0.2) is 18.4 Å². The van der Waals surface area contributed by atoms with Gasteiger partial charge in [-0.1, -0.05) is 6.07 Å². The summed E-state index contributed by atoms with van der Waals surface area (Å²) in [5, 5.41) is 20.6. The molecule has 0 radical (unpaired) electrons. The van der Waals surface area contributed by atoms with E-state index in [1.54, 1.807) is 0 Å². The van der Waals surface area contributed by atoms with Crippen molar-refractivity contribution in [1.29, 1.82) is 0 Å². The zero-order valence-electron chi connectivity index (χ0n) is 16.1. The topological polar surface area (TPSA) is 224 Å². The molecule has 0 aliphatic rings. The maximum Gasteiger partial charge on any atom is 0.338 e. The molecule has 1 rings (SSSR count). The van der Waals surface area contributed by atoms with Crippen LogP contribution < -0.4 is 10.9 Å². The highest BCUT2D eigenvalue weighted by molar-refractivity contribution is 8.41. The highest BCUT2D eigenvalue weighted by atomic mass is 32.3. The van der Waals surface area contributed by atoms with E-state index < -0.39 is 40.9 Å². The van der Waals surface area contributed by atoms with Crippen LogP contribution >= 0.6 is 11.8 Å². The first-order valence-electron chi connectivity index (χ1n) is 8.22. The third kappa shape index (κ3) is 9.70. The molecule has 0 heterocycles. The fraction of sp³-hybridized carbons (Fsp3) is 0.357. The number of aliphatic imine (C=N–C) groups is 1. The second-order valence-electron chi connectivity index (χ2n) is 5.50. The number of carbonyl (C=O) groups is 1. The number of benzene rings is 1. The smallest absolute Gasteiger partial charge is 0.338 e. The van der Waals surface area contributed by atoms with Gasteiger partial charge in [0.25, 0.3) is 20.0 Å². The van der Waals surface area contributed by atoms with Gasteiger partial charge >= 0.3 is 5.97 Å². The van der Waals surface area contributed by atoms with Crippen LogP contribution in [0.15, 0.2) is 38.6 Å². The van der Waals surface area contributed by atoms with Crippen LogP contribution in [0.4, 0.5) is 0 Å². The van der Waals surface area contributed by atoms with Crippen LogP contribution in [0.25, 0.3) is 0 Å². The number of carbonyl (C=O) groups excluding carboxylic acids is 1. The lowest BCUT2D eigenvalue weighted by atomic mass is 10.2. The van der Waals surface area contributed by atoms with Gasteiger partial charge in [0.2, 0.25) is 4.38 Å². The van der Waals surface area contributed by atoms with E-state index in [4.69, 9.17) is 26.0 Å². The van der Waals surface area contributed by atoms with Crippen LogP contribution in [-0.4, -0.2) is 68.4 Å². The lowest BCUT2D eigenvalue weighted by Gasteiger charge is -2.08. The summed E-state index contributed by atoms with van der Waals surface area (Å²) < 4.78 is 55.1. The molecule has 0 aliphatic carbocycles. The number of nitrogens with two attached hydrogens (primary N) is 2. The minimum atomic E-state index is -4.38. The molecule has 0 unspecified atom stereocenters. The molecule has 17 heteroatoms. The summed E-state index contributed by atoms with van der Waals surface area (Å²) in [5.74, 6) is -0.801. The van der Waals surface area contributed by atoms with Crippen molar-refractivity contribution >= 4 is 47.3 Å². The number of sulfonamides is 2. The summed E-state index contributed by atoms with van der Waals surface area (Å²) in [6.45, 7) is -0.0455. The molecule has 174 valence electrons. The van der Waals surface area contributed by atoms with E-state index in [0.29, 0.717) is 12.8 Å². The van der Waals surface area contributed by atoms with Gasteiger partial charge in [-0.3, -0.25) is 20.2 Å². The van der Waals surface area contributed by atoms with Crippen molar-refractivity contribution in [2.75, 3.05) is 20.3 Å². The Morgan fingerprint density at radius 1 is 1.19 bits per heavy atom. The molecule has 0 fully saturated rings. The Balaban J connectivity index is 2.83. The predicted octanol–water partition coefficient (Wildman–Crippen LogP) is -0.353. The summed E-state index contributed by atoms with van der Waals surface area (Å²) in [6, 6.07) is 4.79. The standard InChI is InChI=1S/C14H21N5O9S3/c1-17-14(30(16,23)24)29-13(15)18-31(25,26)11-6-4-5-10(9-11)12(20)27-7-2-3-8-28-19(21)22/h4-6,9,21-22H,2-3,7-8H2,1H3,(H2,15,18)(H2,16,23,24). The number of rotatable bonds is 9. The molecule has 1 aromatic carbocycles. The number of primary sulfonamides is 1. The lowest BCUT2D eigenvalue weighted by Crippen LogP contribution is -2.24. The zero-order valence-corrected chi connectivity index (χ0v) is 18.6. The largest absolute Gasteiger partial charge is 0.462 e. The summed E-state index contributed by atoms with van der Waals surface area (Å²) in [7, 11) is -7.46. The van der Waals surface area contributed by atoms with E-state index >= 15 is 0 Å². The minimum absolute atomic E-state index is 0.0222. The molecular weight excluding hydrogens is 478 g/mol. The number of hydrogen-bond donors (Lipinski definition) is 4. The molecule has 1 aromatic rings. The van der Waals surface area contributed by atoms with Gasteiger partial charge in [0.05, 0.1) is 29.1 Å². The van der Waals surface area contributed by atoms with Gasteiger partial charge in [0.15, 0.2) is 5.17 Å². The highest BCUT2D eigenvalue weighted by Gasteiger charge is 2.20. The third-order valence-electron chi connectivity index (χ3n) is 3.17. The van der Waals surface area contributed by atoms with Crippen LogP contribution in [0, 0.1) is 0 Å². The molecule has 31 heavy (non-hydrogen) atoms. The molecule has 0 bridgehead atoms. The van der Waals surface area contributed by atoms with E-state index in [2.05, 4.69) is 14.2 Å². The second-order valence-corrected chi connectivity index (χ2v) is 9.85. The minimum Gasteiger partial charge on any atom is -0.462 e. The Labute approximate surface area is 182 Å². The lowest BCUT2D eigenvalue weighted by molar-refractivity contribution is -0.492. The van der Waals surface area contributed by atoms with Crippen molar-refractivity contribution in [2.24, 2.45) is 20.3 Å². The summed E-state index contributed by atoms with van der Waals surface area (Å²) in [6.07, 6.45) is 0.702. The number of esters is 1. The molecule has 0 amide bonds. The number of unbranched alkanes of at least 4 members (excludes halogenated alkanes) is 1. The Kier molecular flexibility index (Phi) is 10.5. The molecular formula is C14H21N5O9S3. The summed E-state index contributed by atoms with van der Waals surface area (Å²) in [5.41, 5.74) is 5.42. The van der Waals surface area contributed by atoms with Crippen molar-refractivity contribution in [3.63, 3.8) is 0 Å². The van der Waals surface area contributed by atoms with Gasteiger partial charge in [0.1, 0.15) is 0 Å². The molecule has 0 spiro atoms. The normalized spacial score (nSPS) is 13.5. The molecule has 14 nitrogen and oxygen atoms in total. The van der Waals surface area contributed by atoms with Crippen LogP contribution in [0.1, 0.15) is 23.2 Å². The SMILES string of the molecule is CN=C(SC(N)=NS(=O)(=O)c1cccc(C(=O)OCCCCON(O)O)c1)S(N)(=O)=O. The van der Waals surface area contributed by atoms with Gasteiger partial charge < -0.3 is 10.5 Å². The molecule has 0 saturated carbocycles. The van der Waals surface area contributed by atoms with Gasteiger partial charge in [-0.2, -0.15) is 8.42 Å². The molecule has 0 saturated heterocycles. The van der Waals surface area contributed by atoms with Gasteiger partial charge in [0, 0.05) is 7.05 Å². The Morgan fingerprint density at radius 3 is 2.42 bits per heavy atom. The molecule has 0 aromatic heterocycles. The zero-order chi connectivity index (χ0) is 23.7. The molecule has 6 N–H and O–H groups in total. The average molecular weight is 500 g/mol. The van der Waals surface area contributed by atoms with E-state index in [1.807, 2.05) is 0 Å². The number of amidine groups is 1. The van der Waals surface area contributed by atoms with Crippen LogP contribution in [-0.2, 0) is 29.6 Å². The molecule has 0 atom stereocenters. The first kappa shape index (κ1) is 26.9. The number of hydrogen-bond acceptors (Lipinski definition) is 12. The van der Waals surface area contributed by atoms with Crippen LogP contribution in [0.5, 0.6) is 0 Å². The number of nitrogens with zero attached hydrogens (tertiary/aromatic N) is 3. The summed E-state index contributed by atoms with van der Waals surface area (Å²) in [4.78, 5) is 19.4. The Bertz CT molecular complexity index is 1040. The Hall–Kier alpha value is -2.12. The number of ether oxygens (including phenoxy) is 1. The monoisotopic (exact) mass is 499 g/mol. The summed E-state index contributed by atoms with van der Waals surface area (Å²) >= 11 is 0.252. The third-order valence-corrected chi connectivity index (χ3v) is 6.85. The second kappa shape index (κ2) is 12.1. The van der Waals surface area contributed by atoms with Crippen molar-refractivity contribution in [3.8, 4) is 0 Å². The van der Waals surface area contributed by atoms with Crippen molar-refractivity contribution < 1.29 is 41.6 Å². The van der Waals surface area contributed by atoms with E-state index in [1.165, 1.54) is 12.1 Å². The first-order chi connectivity index (χ1) is 14.4. The van der Waals surface area contributed by atoms with Crippen molar-refractivity contribution in [2.45, 2.75) is 17.7 Å². The van der Waals surface area contributed by atoms with Crippen molar-refractivity contribution in [1.82, 2.24) is 5.39 Å². The van der Waals surface area contributed by atoms with E-state index in [0.717, 1.165) is 19.2 Å². The van der Waals surface area contributed by atoms with Gasteiger partial charge in [-0.05, 0) is 42.8 Å². The van der Waals surface area contributed by atoms with Crippen LogP contribution in [0.3, 0.4) is 0 Å². The fourth-order valence-corrected chi connectivity index (χ4v) is 4.45. The van der Waals surface area contributed by atoms with E-state index in [9.17, 15) is 21.6 Å². The molecule has 0 aliphatic heterocycles. The maximum atomic E-state index is 12.4. The average Bonchev–Trinajstić information content (AvgIpc) is 2.67. The van der Waals surface area contributed by atoms with Crippen LogP contribution in [0.2, 0.25) is 0 Å². The van der Waals surface area contributed by atoms with Crippen molar-refractivity contribution in [3.05, 3.63) is 29.8 Å². The maximum absolute atomic E-state index is 12.4. The Morgan fingerprint density at radius 2 is 1.84 bits per heavy atom. The van der Waals surface area contributed by atoms with Gasteiger partial charge in [-0.15, -0.1) is 4.40 Å². The quantitative estimate of drug-likeness (QED) is 0.112. The van der Waals surface area contributed by atoms with E-state index in [-0.39, 0.29) is 35.4 Å². The number of thioether (sulfide) groups is 1. The predicted molar refractivity (Wildman–Crippen MR) is 110 cm³/mol.